The largest absolute Gasteiger partial charge is 0.490 e. The molecule has 0 atom stereocenters. The van der Waals surface area contributed by atoms with Crippen molar-refractivity contribution in [1.82, 2.24) is 0 Å². The fourth-order valence-corrected chi connectivity index (χ4v) is 3.48. The predicted molar refractivity (Wildman–Crippen MR) is 118 cm³/mol. The summed E-state index contributed by atoms with van der Waals surface area (Å²) in [4.78, 5) is 10.7. The van der Waals surface area contributed by atoms with Crippen LogP contribution in [-0.4, -0.2) is 19.2 Å². The number of benzene rings is 1. The van der Waals surface area contributed by atoms with Gasteiger partial charge in [-0.1, -0.05) is 96.1 Å². The first-order chi connectivity index (χ1) is 13.7. The van der Waals surface area contributed by atoms with Gasteiger partial charge in [0, 0.05) is 6.92 Å². The van der Waals surface area contributed by atoms with Crippen LogP contribution in [0.5, 0.6) is 5.75 Å². The summed E-state index contributed by atoms with van der Waals surface area (Å²) in [6.07, 6.45) is 19.1. The third-order valence-corrected chi connectivity index (χ3v) is 5.12. The molecule has 0 saturated heterocycles. The maximum absolute atomic E-state index is 10.7. The Morgan fingerprint density at radius 3 is 1.93 bits per heavy atom. The molecule has 0 spiro atoms. The Labute approximate surface area is 173 Å². The van der Waals surface area contributed by atoms with E-state index in [-0.39, 0.29) is 5.97 Å². The first-order valence-electron chi connectivity index (χ1n) is 11.6. The molecule has 3 nitrogen and oxygen atoms in total. The summed E-state index contributed by atoms with van der Waals surface area (Å²) >= 11 is 0. The van der Waals surface area contributed by atoms with Crippen molar-refractivity contribution in [2.45, 2.75) is 104 Å². The van der Waals surface area contributed by atoms with E-state index in [1.165, 1.54) is 96.0 Å². The molecule has 0 N–H and O–H groups in total. The maximum atomic E-state index is 10.7. The van der Waals surface area contributed by atoms with E-state index < -0.39 is 0 Å². The number of esters is 1. The zero-order valence-electron chi connectivity index (χ0n) is 18.3. The van der Waals surface area contributed by atoms with E-state index in [9.17, 15) is 4.79 Å². The molecule has 0 radical (unpaired) electrons. The van der Waals surface area contributed by atoms with Crippen LogP contribution < -0.4 is 4.74 Å². The van der Waals surface area contributed by atoms with Gasteiger partial charge in [-0.25, -0.2) is 0 Å². The topological polar surface area (TPSA) is 35.5 Å². The zero-order chi connectivity index (χ0) is 20.3. The highest BCUT2D eigenvalue weighted by Gasteiger charge is 1.99. The quantitative estimate of drug-likeness (QED) is 0.195. The van der Waals surface area contributed by atoms with Crippen molar-refractivity contribution in [3.63, 3.8) is 0 Å². The van der Waals surface area contributed by atoms with E-state index in [4.69, 9.17) is 9.47 Å². The Morgan fingerprint density at radius 1 is 0.786 bits per heavy atom. The Balaban J connectivity index is 1.96. The molecular formula is C25H42O3. The Hall–Kier alpha value is -1.51. The van der Waals surface area contributed by atoms with Gasteiger partial charge in [0.2, 0.25) is 0 Å². The van der Waals surface area contributed by atoms with Gasteiger partial charge in [0.15, 0.2) is 0 Å². The molecule has 0 unspecified atom stereocenters. The van der Waals surface area contributed by atoms with Gasteiger partial charge in [-0.2, -0.15) is 0 Å². The third-order valence-electron chi connectivity index (χ3n) is 5.12. The number of unbranched alkanes of at least 4 members (excludes halogenated alkanes) is 12. The van der Waals surface area contributed by atoms with Crippen LogP contribution in [0.15, 0.2) is 24.3 Å². The predicted octanol–water partition coefficient (Wildman–Crippen LogP) is 7.26. The minimum absolute atomic E-state index is 0.264. The van der Waals surface area contributed by atoms with E-state index in [1.54, 1.807) is 0 Å². The first kappa shape index (κ1) is 24.5. The van der Waals surface area contributed by atoms with Crippen LogP contribution in [0.25, 0.3) is 0 Å². The van der Waals surface area contributed by atoms with Gasteiger partial charge in [-0.3, -0.25) is 4.79 Å². The average Bonchev–Trinajstić information content (AvgIpc) is 2.69. The molecule has 0 amide bonds. The number of hydrogen-bond donors (Lipinski definition) is 0. The van der Waals surface area contributed by atoms with E-state index in [0.29, 0.717) is 13.2 Å². The number of carbonyl (C=O) groups is 1. The smallest absolute Gasteiger partial charge is 0.302 e. The summed E-state index contributed by atoms with van der Waals surface area (Å²) in [7, 11) is 0. The Morgan fingerprint density at radius 2 is 1.36 bits per heavy atom. The number of ether oxygens (including phenoxy) is 2. The second-order valence-corrected chi connectivity index (χ2v) is 7.83. The van der Waals surface area contributed by atoms with Crippen LogP contribution in [0.1, 0.15) is 103 Å². The van der Waals surface area contributed by atoms with Crippen molar-refractivity contribution in [2.75, 3.05) is 13.2 Å². The lowest BCUT2D eigenvalue weighted by molar-refractivity contribution is -0.141. The second kappa shape index (κ2) is 17.6. The standard InChI is InChI=1S/C25H42O3/c1-3-4-5-6-7-8-9-10-11-12-13-14-15-17-24-18-16-19-25(22-24)28-21-20-27-23(2)26/h16,18-19,22H,3-15,17,20-21H2,1-2H3. The van der Waals surface area contributed by atoms with Gasteiger partial charge < -0.3 is 9.47 Å². The lowest BCUT2D eigenvalue weighted by atomic mass is 10.0. The van der Waals surface area contributed by atoms with Crippen molar-refractivity contribution >= 4 is 5.97 Å². The highest BCUT2D eigenvalue weighted by atomic mass is 16.6. The molecule has 0 aliphatic carbocycles. The molecule has 0 heterocycles. The van der Waals surface area contributed by atoms with E-state index in [2.05, 4.69) is 19.1 Å². The number of aryl methyl sites for hydroxylation is 1. The van der Waals surface area contributed by atoms with Gasteiger partial charge in [-0.05, 0) is 30.5 Å². The number of rotatable bonds is 18. The summed E-state index contributed by atoms with van der Waals surface area (Å²) in [5.74, 6) is 0.596. The molecule has 160 valence electrons. The van der Waals surface area contributed by atoms with Gasteiger partial charge in [0.1, 0.15) is 19.0 Å². The second-order valence-electron chi connectivity index (χ2n) is 7.83. The van der Waals surface area contributed by atoms with Crippen molar-refractivity contribution < 1.29 is 14.3 Å². The molecule has 0 saturated carbocycles. The SMILES string of the molecule is CCCCCCCCCCCCCCCc1cccc(OCCOC(C)=O)c1. The zero-order valence-corrected chi connectivity index (χ0v) is 18.3. The van der Waals surface area contributed by atoms with Gasteiger partial charge in [-0.15, -0.1) is 0 Å². The van der Waals surface area contributed by atoms with Crippen LogP contribution in [-0.2, 0) is 16.0 Å². The maximum Gasteiger partial charge on any atom is 0.302 e. The molecule has 0 aliphatic rings. The highest BCUT2D eigenvalue weighted by molar-refractivity contribution is 5.65. The average molecular weight is 391 g/mol. The summed E-state index contributed by atoms with van der Waals surface area (Å²) < 4.78 is 10.5. The minimum atomic E-state index is -0.264. The van der Waals surface area contributed by atoms with Gasteiger partial charge >= 0.3 is 5.97 Å². The molecule has 3 heteroatoms. The van der Waals surface area contributed by atoms with Crippen molar-refractivity contribution in [3.05, 3.63) is 29.8 Å². The fraction of sp³-hybridized carbons (Fsp3) is 0.720. The van der Waals surface area contributed by atoms with Crippen LogP contribution in [0.3, 0.4) is 0 Å². The van der Waals surface area contributed by atoms with Gasteiger partial charge in [0.25, 0.3) is 0 Å². The third kappa shape index (κ3) is 14.5. The lowest BCUT2D eigenvalue weighted by Crippen LogP contribution is -2.09. The monoisotopic (exact) mass is 390 g/mol. The summed E-state index contributed by atoms with van der Waals surface area (Å²) in [5.41, 5.74) is 1.33. The van der Waals surface area contributed by atoms with Crippen molar-refractivity contribution in [3.8, 4) is 5.75 Å². The minimum Gasteiger partial charge on any atom is -0.490 e. The molecule has 0 aromatic heterocycles. The van der Waals surface area contributed by atoms with Crippen LogP contribution in [0.2, 0.25) is 0 Å². The van der Waals surface area contributed by atoms with E-state index >= 15 is 0 Å². The number of hydrogen-bond acceptors (Lipinski definition) is 3. The number of carbonyl (C=O) groups excluding carboxylic acids is 1. The molecule has 0 aliphatic heterocycles. The lowest BCUT2D eigenvalue weighted by Gasteiger charge is -2.08. The molecule has 1 rings (SSSR count). The first-order valence-corrected chi connectivity index (χ1v) is 11.6. The molecule has 1 aromatic rings. The molecule has 1 aromatic carbocycles. The molecule has 0 bridgehead atoms. The summed E-state index contributed by atoms with van der Waals surface area (Å²) in [5, 5.41) is 0. The molecule has 28 heavy (non-hydrogen) atoms. The van der Waals surface area contributed by atoms with E-state index in [1.807, 2.05) is 12.1 Å². The van der Waals surface area contributed by atoms with Crippen LogP contribution in [0, 0.1) is 0 Å². The Bertz CT molecular complexity index is 498. The van der Waals surface area contributed by atoms with Gasteiger partial charge in [0.05, 0.1) is 0 Å². The van der Waals surface area contributed by atoms with Crippen molar-refractivity contribution in [2.24, 2.45) is 0 Å². The van der Waals surface area contributed by atoms with E-state index in [0.717, 1.165) is 12.2 Å². The normalized spacial score (nSPS) is 10.8. The molecular weight excluding hydrogens is 348 g/mol. The van der Waals surface area contributed by atoms with Crippen molar-refractivity contribution in [1.29, 1.82) is 0 Å². The Kier molecular flexibility index (Phi) is 15.4. The fourth-order valence-electron chi connectivity index (χ4n) is 3.48. The van der Waals surface area contributed by atoms with Crippen LogP contribution in [0.4, 0.5) is 0 Å². The summed E-state index contributed by atoms with van der Waals surface area (Å²) in [6, 6.07) is 8.27. The molecule has 0 fully saturated rings. The summed E-state index contributed by atoms with van der Waals surface area (Å²) in [6.45, 7) is 4.40. The van der Waals surface area contributed by atoms with Crippen LogP contribution >= 0.6 is 0 Å². The highest BCUT2D eigenvalue weighted by Crippen LogP contribution is 2.17.